The molecule has 0 aromatic carbocycles. The minimum Gasteiger partial charge on any atom is -0.481 e. The minimum atomic E-state index is -0.749. The summed E-state index contributed by atoms with van der Waals surface area (Å²) in [7, 11) is 0. The Labute approximate surface area is 89.2 Å². The standard InChI is InChI=1S/C12H15NO2/c1-8(12(14)15)6-9-2-5-11(13-7-9)10-3-4-10/h2,5,7-8,10H,3-4,6H2,1H3,(H,14,15). The zero-order valence-electron chi connectivity index (χ0n) is 8.81. The number of aliphatic carboxylic acids is 1. The van der Waals surface area contributed by atoms with Crippen molar-refractivity contribution in [2.24, 2.45) is 5.92 Å². The number of hydrogen-bond acceptors (Lipinski definition) is 2. The van der Waals surface area contributed by atoms with Gasteiger partial charge in [0, 0.05) is 17.8 Å². The first-order valence-electron chi connectivity index (χ1n) is 5.34. The van der Waals surface area contributed by atoms with E-state index in [1.165, 1.54) is 12.8 Å². The molecule has 1 fully saturated rings. The highest BCUT2D eigenvalue weighted by Crippen LogP contribution is 2.38. The molecule has 1 atom stereocenters. The van der Waals surface area contributed by atoms with Gasteiger partial charge in [-0.15, -0.1) is 0 Å². The van der Waals surface area contributed by atoms with Gasteiger partial charge in [-0.2, -0.15) is 0 Å². The largest absolute Gasteiger partial charge is 0.481 e. The Morgan fingerprint density at radius 3 is 2.80 bits per heavy atom. The molecule has 0 bridgehead atoms. The maximum atomic E-state index is 10.7. The van der Waals surface area contributed by atoms with E-state index in [0.717, 1.165) is 11.3 Å². The van der Waals surface area contributed by atoms with Gasteiger partial charge in [0.15, 0.2) is 0 Å². The average Bonchev–Trinajstić information content (AvgIpc) is 3.02. The van der Waals surface area contributed by atoms with Gasteiger partial charge in [-0.25, -0.2) is 0 Å². The topological polar surface area (TPSA) is 50.2 Å². The van der Waals surface area contributed by atoms with Crippen LogP contribution in [0.15, 0.2) is 18.3 Å². The highest BCUT2D eigenvalue weighted by atomic mass is 16.4. The van der Waals surface area contributed by atoms with Crippen LogP contribution < -0.4 is 0 Å². The highest BCUT2D eigenvalue weighted by Gasteiger charge is 2.24. The van der Waals surface area contributed by atoms with Gasteiger partial charge in [0.25, 0.3) is 0 Å². The third-order valence-electron chi connectivity index (χ3n) is 2.81. The van der Waals surface area contributed by atoms with Crippen LogP contribution in [0.25, 0.3) is 0 Å². The molecule has 0 aliphatic heterocycles. The summed E-state index contributed by atoms with van der Waals surface area (Å²) in [5.74, 6) is -0.421. The number of aromatic nitrogens is 1. The molecular formula is C12H15NO2. The van der Waals surface area contributed by atoms with E-state index in [-0.39, 0.29) is 5.92 Å². The lowest BCUT2D eigenvalue weighted by Crippen LogP contribution is -2.12. The number of carbonyl (C=O) groups is 1. The van der Waals surface area contributed by atoms with Crippen molar-refractivity contribution in [2.75, 3.05) is 0 Å². The highest BCUT2D eigenvalue weighted by molar-refractivity contribution is 5.69. The van der Waals surface area contributed by atoms with Gasteiger partial charge < -0.3 is 5.11 Å². The van der Waals surface area contributed by atoms with Crippen LogP contribution >= 0.6 is 0 Å². The van der Waals surface area contributed by atoms with E-state index in [2.05, 4.69) is 4.98 Å². The lowest BCUT2D eigenvalue weighted by Gasteiger charge is -2.06. The van der Waals surface area contributed by atoms with E-state index in [9.17, 15) is 4.79 Å². The van der Waals surface area contributed by atoms with Gasteiger partial charge in [0.1, 0.15) is 0 Å². The molecule has 1 aromatic rings. The second-order valence-electron chi connectivity index (χ2n) is 4.31. The maximum Gasteiger partial charge on any atom is 0.306 e. The summed E-state index contributed by atoms with van der Waals surface area (Å²) >= 11 is 0. The van der Waals surface area contributed by atoms with Crippen LogP contribution in [0.3, 0.4) is 0 Å². The molecule has 80 valence electrons. The van der Waals surface area contributed by atoms with Crippen molar-refractivity contribution < 1.29 is 9.90 Å². The lowest BCUT2D eigenvalue weighted by atomic mass is 10.0. The Balaban J connectivity index is 2.00. The summed E-state index contributed by atoms with van der Waals surface area (Å²) in [6, 6.07) is 4.03. The van der Waals surface area contributed by atoms with E-state index in [0.29, 0.717) is 12.3 Å². The number of nitrogens with zero attached hydrogens (tertiary/aromatic N) is 1. The van der Waals surface area contributed by atoms with E-state index in [1.54, 1.807) is 6.92 Å². The Kier molecular flexibility index (Phi) is 2.71. The van der Waals surface area contributed by atoms with Crippen molar-refractivity contribution in [2.45, 2.75) is 32.1 Å². The lowest BCUT2D eigenvalue weighted by molar-refractivity contribution is -0.141. The Morgan fingerprint density at radius 2 is 2.33 bits per heavy atom. The average molecular weight is 205 g/mol. The molecule has 1 unspecified atom stereocenters. The summed E-state index contributed by atoms with van der Waals surface area (Å²) in [6.45, 7) is 1.72. The molecule has 3 nitrogen and oxygen atoms in total. The van der Waals surface area contributed by atoms with Crippen LogP contribution in [0.1, 0.15) is 36.9 Å². The first-order valence-corrected chi connectivity index (χ1v) is 5.34. The molecule has 1 heterocycles. The molecule has 1 saturated carbocycles. The van der Waals surface area contributed by atoms with Crippen LogP contribution in [-0.4, -0.2) is 16.1 Å². The molecule has 1 aliphatic carbocycles. The molecule has 1 aromatic heterocycles. The smallest absolute Gasteiger partial charge is 0.306 e. The minimum absolute atomic E-state index is 0.335. The van der Waals surface area contributed by atoms with Crippen LogP contribution in [0.4, 0.5) is 0 Å². The Morgan fingerprint density at radius 1 is 1.60 bits per heavy atom. The van der Waals surface area contributed by atoms with Crippen molar-refractivity contribution >= 4 is 5.97 Å². The van der Waals surface area contributed by atoms with Crippen molar-refractivity contribution in [3.05, 3.63) is 29.6 Å². The van der Waals surface area contributed by atoms with Crippen molar-refractivity contribution in [3.63, 3.8) is 0 Å². The number of carboxylic acids is 1. The Hall–Kier alpha value is -1.38. The van der Waals surface area contributed by atoms with E-state index in [1.807, 2.05) is 18.3 Å². The zero-order chi connectivity index (χ0) is 10.8. The van der Waals surface area contributed by atoms with Gasteiger partial charge >= 0.3 is 5.97 Å². The molecule has 0 spiro atoms. The normalized spacial score (nSPS) is 17.4. The molecule has 2 rings (SSSR count). The zero-order valence-corrected chi connectivity index (χ0v) is 8.81. The van der Waals surface area contributed by atoms with Gasteiger partial charge in [0.05, 0.1) is 5.92 Å². The summed E-state index contributed by atoms with van der Waals surface area (Å²) in [5, 5.41) is 8.78. The molecule has 3 heteroatoms. The Bertz CT molecular complexity index is 354. The van der Waals surface area contributed by atoms with Crippen LogP contribution in [0.5, 0.6) is 0 Å². The van der Waals surface area contributed by atoms with E-state index >= 15 is 0 Å². The predicted molar refractivity (Wildman–Crippen MR) is 56.7 cm³/mol. The first kappa shape index (κ1) is 10.1. The third-order valence-corrected chi connectivity index (χ3v) is 2.81. The number of carboxylic acid groups (broad SMARTS) is 1. The molecule has 0 amide bonds. The van der Waals surface area contributed by atoms with Gasteiger partial charge in [0.2, 0.25) is 0 Å². The molecule has 1 aliphatic rings. The van der Waals surface area contributed by atoms with Gasteiger partial charge in [-0.3, -0.25) is 9.78 Å². The fourth-order valence-electron chi connectivity index (χ4n) is 1.62. The molecule has 0 saturated heterocycles. The van der Waals surface area contributed by atoms with Gasteiger partial charge in [-0.1, -0.05) is 13.0 Å². The summed E-state index contributed by atoms with van der Waals surface area (Å²) in [5.41, 5.74) is 2.16. The maximum absolute atomic E-state index is 10.7. The second kappa shape index (κ2) is 4.01. The van der Waals surface area contributed by atoms with Crippen LogP contribution in [-0.2, 0) is 11.2 Å². The predicted octanol–water partition coefficient (Wildman–Crippen LogP) is 2.22. The fraction of sp³-hybridized carbons (Fsp3) is 0.500. The number of pyridine rings is 1. The van der Waals surface area contributed by atoms with Crippen molar-refractivity contribution in [1.82, 2.24) is 4.98 Å². The molecule has 0 radical (unpaired) electrons. The molecular weight excluding hydrogens is 190 g/mol. The fourth-order valence-corrected chi connectivity index (χ4v) is 1.62. The third kappa shape index (κ3) is 2.55. The van der Waals surface area contributed by atoms with E-state index < -0.39 is 5.97 Å². The summed E-state index contributed by atoms with van der Waals surface area (Å²) in [4.78, 5) is 15.0. The SMILES string of the molecule is CC(Cc1ccc(C2CC2)nc1)C(=O)O. The second-order valence-corrected chi connectivity index (χ2v) is 4.31. The quantitative estimate of drug-likeness (QED) is 0.820. The molecule has 15 heavy (non-hydrogen) atoms. The number of rotatable bonds is 4. The summed E-state index contributed by atoms with van der Waals surface area (Å²) in [6.07, 6.45) is 4.87. The van der Waals surface area contributed by atoms with Crippen molar-refractivity contribution in [3.8, 4) is 0 Å². The first-order chi connectivity index (χ1) is 7.16. The van der Waals surface area contributed by atoms with Crippen LogP contribution in [0.2, 0.25) is 0 Å². The summed E-state index contributed by atoms with van der Waals surface area (Å²) < 4.78 is 0. The van der Waals surface area contributed by atoms with Gasteiger partial charge in [-0.05, 0) is 30.9 Å². The monoisotopic (exact) mass is 205 g/mol. The number of hydrogen-bond donors (Lipinski definition) is 1. The van der Waals surface area contributed by atoms with E-state index in [4.69, 9.17) is 5.11 Å². The van der Waals surface area contributed by atoms with Crippen molar-refractivity contribution in [1.29, 1.82) is 0 Å². The van der Waals surface area contributed by atoms with Crippen LogP contribution in [0, 0.1) is 5.92 Å². The molecule has 1 N–H and O–H groups in total.